The van der Waals surface area contributed by atoms with Crippen LogP contribution in [0.1, 0.15) is 18.0 Å². The number of morpholine rings is 1. The number of halogens is 1. The Morgan fingerprint density at radius 3 is 2.80 bits per heavy atom. The Labute approximate surface area is 155 Å². The predicted octanol–water partition coefficient (Wildman–Crippen LogP) is 1.31. The third-order valence-electron chi connectivity index (χ3n) is 4.83. The van der Waals surface area contributed by atoms with E-state index in [1.807, 2.05) is 23.1 Å². The summed E-state index contributed by atoms with van der Waals surface area (Å²) in [6.45, 7) is 6.31. The molecule has 2 aliphatic heterocycles. The number of ether oxygens (including phenoxy) is 2. The smallest absolute Gasteiger partial charge is 0.224 e. The largest absolute Gasteiger partial charge is 0.496 e. The van der Waals surface area contributed by atoms with Gasteiger partial charge in [0.25, 0.3) is 0 Å². The van der Waals surface area contributed by atoms with E-state index in [0.717, 1.165) is 45.0 Å². The highest BCUT2D eigenvalue weighted by molar-refractivity contribution is 5.85. The molecule has 2 heterocycles. The number of rotatable bonds is 5. The van der Waals surface area contributed by atoms with Crippen molar-refractivity contribution in [1.82, 2.24) is 15.1 Å². The zero-order valence-electron chi connectivity index (χ0n) is 14.8. The van der Waals surface area contributed by atoms with Gasteiger partial charge >= 0.3 is 0 Å². The lowest BCUT2D eigenvalue weighted by molar-refractivity contribution is -0.135. The summed E-state index contributed by atoms with van der Waals surface area (Å²) in [6, 6.07) is 8.40. The molecule has 1 aromatic rings. The van der Waals surface area contributed by atoms with Gasteiger partial charge in [-0.2, -0.15) is 0 Å². The maximum absolute atomic E-state index is 12.4. The van der Waals surface area contributed by atoms with Gasteiger partial charge < -0.3 is 19.7 Å². The number of benzene rings is 1. The first kappa shape index (κ1) is 20.0. The van der Waals surface area contributed by atoms with Crippen LogP contribution in [-0.4, -0.2) is 75.3 Å². The molecule has 140 valence electrons. The van der Waals surface area contributed by atoms with Gasteiger partial charge in [-0.15, -0.1) is 12.4 Å². The van der Waals surface area contributed by atoms with Gasteiger partial charge in [-0.3, -0.25) is 9.69 Å². The summed E-state index contributed by atoms with van der Waals surface area (Å²) in [4.78, 5) is 16.7. The highest BCUT2D eigenvalue weighted by Gasteiger charge is 2.27. The summed E-state index contributed by atoms with van der Waals surface area (Å²) in [5, 5.41) is 3.46. The minimum atomic E-state index is 0. The quantitative estimate of drug-likeness (QED) is 0.848. The Bertz CT molecular complexity index is 552. The van der Waals surface area contributed by atoms with E-state index >= 15 is 0 Å². The molecule has 1 atom stereocenters. The Morgan fingerprint density at radius 1 is 1.28 bits per heavy atom. The van der Waals surface area contributed by atoms with Gasteiger partial charge in [0.2, 0.25) is 5.91 Å². The molecule has 0 spiro atoms. The number of hydrogen-bond acceptors (Lipinski definition) is 5. The molecule has 6 nitrogen and oxygen atoms in total. The average molecular weight is 370 g/mol. The van der Waals surface area contributed by atoms with E-state index in [-0.39, 0.29) is 24.4 Å². The summed E-state index contributed by atoms with van der Waals surface area (Å²) in [6.07, 6.45) is 0.561. The normalized spacial score (nSPS) is 21.5. The van der Waals surface area contributed by atoms with Gasteiger partial charge in [0.1, 0.15) is 5.75 Å². The molecule has 0 aromatic heterocycles. The van der Waals surface area contributed by atoms with Crippen LogP contribution in [0.4, 0.5) is 0 Å². The lowest BCUT2D eigenvalue weighted by Gasteiger charge is -2.37. The molecule has 0 radical (unpaired) electrons. The van der Waals surface area contributed by atoms with E-state index < -0.39 is 0 Å². The van der Waals surface area contributed by atoms with Gasteiger partial charge in [0.15, 0.2) is 0 Å². The van der Waals surface area contributed by atoms with Crippen LogP contribution in [0, 0.1) is 0 Å². The molecule has 1 amide bonds. The molecule has 0 aliphatic carbocycles. The van der Waals surface area contributed by atoms with Crippen molar-refractivity contribution in [3.8, 4) is 5.75 Å². The van der Waals surface area contributed by atoms with Crippen LogP contribution in [0.15, 0.2) is 24.3 Å². The van der Waals surface area contributed by atoms with Crippen molar-refractivity contribution in [2.24, 2.45) is 0 Å². The number of piperazine rings is 1. The standard InChI is InChI=1S/C18H27N3O3.ClH/c1-23-17-5-3-2-4-15(17)16-14-19-7-9-20(16)8-6-18(22)21-10-12-24-13-11-21;/h2-5,16,19H,6-14H2,1H3;1H. The number of methoxy groups -OCH3 is 1. The van der Waals surface area contributed by atoms with E-state index in [0.29, 0.717) is 19.6 Å². The molecule has 7 heteroatoms. The Kier molecular flexibility index (Phi) is 7.96. The fourth-order valence-electron chi connectivity index (χ4n) is 3.47. The number of para-hydroxylation sites is 1. The van der Waals surface area contributed by atoms with E-state index in [9.17, 15) is 4.79 Å². The minimum Gasteiger partial charge on any atom is -0.496 e. The lowest BCUT2D eigenvalue weighted by atomic mass is 10.0. The summed E-state index contributed by atoms with van der Waals surface area (Å²) < 4.78 is 10.8. The molecule has 25 heavy (non-hydrogen) atoms. The number of hydrogen-bond donors (Lipinski definition) is 1. The van der Waals surface area contributed by atoms with Crippen LogP contribution in [-0.2, 0) is 9.53 Å². The summed E-state index contributed by atoms with van der Waals surface area (Å²) in [7, 11) is 1.71. The van der Waals surface area contributed by atoms with E-state index in [4.69, 9.17) is 9.47 Å². The minimum absolute atomic E-state index is 0. The molecule has 2 fully saturated rings. The zero-order valence-corrected chi connectivity index (χ0v) is 15.6. The SMILES string of the molecule is COc1ccccc1C1CNCCN1CCC(=O)N1CCOCC1.Cl. The maximum atomic E-state index is 12.4. The molecular weight excluding hydrogens is 342 g/mol. The van der Waals surface area contributed by atoms with E-state index in [2.05, 4.69) is 16.3 Å². The van der Waals surface area contributed by atoms with Crippen molar-refractivity contribution in [3.63, 3.8) is 0 Å². The van der Waals surface area contributed by atoms with Crippen LogP contribution in [0.5, 0.6) is 5.75 Å². The summed E-state index contributed by atoms with van der Waals surface area (Å²) in [5.74, 6) is 1.14. The van der Waals surface area contributed by atoms with Gasteiger partial charge in [-0.05, 0) is 6.07 Å². The Hall–Kier alpha value is -1.34. The van der Waals surface area contributed by atoms with Gasteiger partial charge in [0.05, 0.1) is 26.4 Å². The monoisotopic (exact) mass is 369 g/mol. The van der Waals surface area contributed by atoms with Crippen LogP contribution in [0.3, 0.4) is 0 Å². The third kappa shape index (κ3) is 5.07. The van der Waals surface area contributed by atoms with Crippen molar-refractivity contribution in [1.29, 1.82) is 0 Å². The van der Waals surface area contributed by atoms with Gasteiger partial charge in [-0.1, -0.05) is 18.2 Å². The highest BCUT2D eigenvalue weighted by atomic mass is 35.5. The number of carbonyl (C=O) groups is 1. The first-order chi connectivity index (χ1) is 11.8. The number of nitrogens with one attached hydrogen (secondary N) is 1. The second-order valence-corrected chi connectivity index (χ2v) is 6.24. The molecule has 0 saturated carbocycles. The van der Waals surface area contributed by atoms with Crippen molar-refractivity contribution in [2.75, 3.05) is 59.6 Å². The van der Waals surface area contributed by atoms with Crippen LogP contribution in [0.25, 0.3) is 0 Å². The highest BCUT2D eigenvalue weighted by Crippen LogP contribution is 2.30. The first-order valence-electron chi connectivity index (χ1n) is 8.73. The van der Waals surface area contributed by atoms with Crippen LogP contribution < -0.4 is 10.1 Å². The maximum Gasteiger partial charge on any atom is 0.224 e. The summed E-state index contributed by atoms with van der Waals surface area (Å²) >= 11 is 0. The topological polar surface area (TPSA) is 54.0 Å². The second kappa shape index (κ2) is 9.97. The van der Waals surface area contributed by atoms with E-state index in [1.165, 1.54) is 5.56 Å². The fourth-order valence-corrected chi connectivity index (χ4v) is 3.47. The third-order valence-corrected chi connectivity index (χ3v) is 4.83. The molecule has 1 N–H and O–H groups in total. The first-order valence-corrected chi connectivity index (χ1v) is 8.73. The molecule has 2 saturated heterocycles. The van der Waals surface area contributed by atoms with E-state index in [1.54, 1.807) is 7.11 Å². The van der Waals surface area contributed by atoms with Crippen molar-refractivity contribution in [2.45, 2.75) is 12.5 Å². The van der Waals surface area contributed by atoms with Crippen LogP contribution in [0.2, 0.25) is 0 Å². The lowest BCUT2D eigenvalue weighted by Crippen LogP contribution is -2.48. The summed E-state index contributed by atoms with van der Waals surface area (Å²) in [5.41, 5.74) is 1.19. The molecule has 1 aromatic carbocycles. The predicted molar refractivity (Wildman–Crippen MR) is 99.4 cm³/mol. The van der Waals surface area contributed by atoms with Gasteiger partial charge in [-0.25, -0.2) is 0 Å². The van der Waals surface area contributed by atoms with Crippen molar-refractivity contribution >= 4 is 18.3 Å². The molecular formula is C18H28ClN3O3. The molecule has 1 unspecified atom stereocenters. The second-order valence-electron chi connectivity index (χ2n) is 6.24. The number of nitrogens with zero attached hydrogens (tertiary/aromatic N) is 2. The number of amides is 1. The Balaban J connectivity index is 0.00000225. The fraction of sp³-hybridized carbons (Fsp3) is 0.611. The molecule has 2 aliphatic rings. The molecule has 0 bridgehead atoms. The van der Waals surface area contributed by atoms with Crippen LogP contribution >= 0.6 is 12.4 Å². The number of carbonyl (C=O) groups excluding carboxylic acids is 1. The van der Waals surface area contributed by atoms with Crippen molar-refractivity contribution in [3.05, 3.63) is 29.8 Å². The Morgan fingerprint density at radius 2 is 2.04 bits per heavy atom. The van der Waals surface area contributed by atoms with Crippen molar-refractivity contribution < 1.29 is 14.3 Å². The van der Waals surface area contributed by atoms with Gasteiger partial charge in [0, 0.05) is 51.3 Å². The average Bonchev–Trinajstić information content (AvgIpc) is 2.67. The molecule has 3 rings (SSSR count). The zero-order chi connectivity index (χ0) is 16.8.